The van der Waals surface area contributed by atoms with Crippen LogP contribution in [-0.4, -0.2) is 48.4 Å². The van der Waals surface area contributed by atoms with E-state index in [0.29, 0.717) is 11.8 Å². The number of carbonyl (C=O) groups excluding carboxylic acids is 1. The number of halogens is 1. The first-order valence-corrected chi connectivity index (χ1v) is 8.39. The van der Waals surface area contributed by atoms with Gasteiger partial charge in [0.2, 0.25) is 5.91 Å². The quantitative estimate of drug-likeness (QED) is 0.835. The van der Waals surface area contributed by atoms with Crippen molar-refractivity contribution < 1.29 is 9.18 Å². The predicted molar refractivity (Wildman–Crippen MR) is 85.0 cm³/mol. The van der Waals surface area contributed by atoms with Crippen LogP contribution in [-0.2, 0) is 11.2 Å². The molecule has 1 heterocycles. The van der Waals surface area contributed by atoms with Gasteiger partial charge in [-0.1, -0.05) is 19.1 Å². The summed E-state index contributed by atoms with van der Waals surface area (Å²) in [6, 6.07) is 6.75. The van der Waals surface area contributed by atoms with Gasteiger partial charge in [0.1, 0.15) is 5.82 Å². The molecular formula is C18H25FN2O. The van der Waals surface area contributed by atoms with Gasteiger partial charge in [-0.05, 0) is 42.9 Å². The highest BCUT2D eigenvalue weighted by molar-refractivity contribution is 5.79. The summed E-state index contributed by atoms with van der Waals surface area (Å²) in [4.78, 5) is 16.8. The number of hydrogen-bond donors (Lipinski definition) is 0. The van der Waals surface area contributed by atoms with Gasteiger partial charge in [0.05, 0.1) is 0 Å². The van der Waals surface area contributed by atoms with Gasteiger partial charge in [-0.15, -0.1) is 0 Å². The minimum absolute atomic E-state index is 0.180. The zero-order valence-electron chi connectivity index (χ0n) is 13.3. The summed E-state index contributed by atoms with van der Waals surface area (Å²) in [5, 5.41) is 0. The van der Waals surface area contributed by atoms with Crippen LogP contribution in [0, 0.1) is 17.7 Å². The number of hydrogen-bond acceptors (Lipinski definition) is 2. The van der Waals surface area contributed by atoms with Crippen LogP contribution in [0.25, 0.3) is 0 Å². The van der Waals surface area contributed by atoms with E-state index in [0.717, 1.165) is 39.1 Å². The molecule has 1 atom stereocenters. The van der Waals surface area contributed by atoms with Crippen LogP contribution in [0.4, 0.5) is 4.39 Å². The number of benzene rings is 1. The summed E-state index contributed by atoms with van der Waals surface area (Å²) in [5.74, 6) is 1.02. The number of carbonyl (C=O) groups is 1. The molecule has 3 nitrogen and oxygen atoms in total. The number of rotatable bonds is 5. The van der Waals surface area contributed by atoms with Crippen LogP contribution >= 0.6 is 0 Å². The lowest BCUT2D eigenvalue weighted by Crippen LogP contribution is -2.50. The molecule has 0 spiro atoms. The van der Waals surface area contributed by atoms with Gasteiger partial charge in [0.15, 0.2) is 0 Å². The molecule has 22 heavy (non-hydrogen) atoms. The fourth-order valence-corrected chi connectivity index (χ4v) is 3.22. The normalized spacial score (nSPS) is 20.9. The molecule has 1 aromatic rings. The van der Waals surface area contributed by atoms with Crippen molar-refractivity contribution in [3.8, 4) is 0 Å². The van der Waals surface area contributed by atoms with E-state index < -0.39 is 0 Å². The average molecular weight is 304 g/mol. The largest absolute Gasteiger partial charge is 0.340 e. The highest BCUT2D eigenvalue weighted by atomic mass is 19.1. The highest BCUT2D eigenvalue weighted by Crippen LogP contribution is 2.37. The molecular weight excluding hydrogens is 279 g/mol. The molecule has 1 amide bonds. The molecule has 4 heteroatoms. The molecule has 0 N–H and O–H groups in total. The molecule has 1 unspecified atom stereocenters. The Bertz CT molecular complexity index is 504. The van der Waals surface area contributed by atoms with Gasteiger partial charge in [0.25, 0.3) is 0 Å². The minimum atomic E-state index is -0.180. The Morgan fingerprint density at radius 2 is 1.82 bits per heavy atom. The lowest BCUT2D eigenvalue weighted by molar-refractivity contribution is -0.137. The lowest BCUT2D eigenvalue weighted by atomic mass is 10.0. The second kappa shape index (κ2) is 6.78. The Morgan fingerprint density at radius 3 is 2.41 bits per heavy atom. The number of nitrogens with zero attached hydrogens (tertiary/aromatic N) is 2. The molecule has 0 aromatic heterocycles. The summed E-state index contributed by atoms with van der Waals surface area (Å²) in [6.45, 7) is 6.65. The minimum Gasteiger partial charge on any atom is -0.340 e. The third-order valence-corrected chi connectivity index (χ3v) is 5.03. The molecule has 1 saturated heterocycles. The summed E-state index contributed by atoms with van der Waals surface area (Å²) >= 11 is 0. The van der Waals surface area contributed by atoms with Crippen molar-refractivity contribution >= 4 is 5.91 Å². The first-order valence-electron chi connectivity index (χ1n) is 8.39. The summed E-state index contributed by atoms with van der Waals surface area (Å²) < 4.78 is 12.9. The molecule has 1 saturated carbocycles. The van der Waals surface area contributed by atoms with Gasteiger partial charge >= 0.3 is 0 Å². The van der Waals surface area contributed by atoms with Crippen LogP contribution < -0.4 is 0 Å². The average Bonchev–Trinajstić information content (AvgIpc) is 3.38. The van der Waals surface area contributed by atoms with E-state index in [2.05, 4.69) is 11.8 Å². The lowest BCUT2D eigenvalue weighted by Gasteiger charge is -2.36. The summed E-state index contributed by atoms with van der Waals surface area (Å²) in [5.41, 5.74) is 1.17. The van der Waals surface area contributed by atoms with E-state index >= 15 is 0 Å². The van der Waals surface area contributed by atoms with Crippen molar-refractivity contribution in [2.75, 3.05) is 32.7 Å². The van der Waals surface area contributed by atoms with E-state index in [9.17, 15) is 9.18 Å². The first-order chi connectivity index (χ1) is 10.6. The topological polar surface area (TPSA) is 23.6 Å². The molecule has 2 fully saturated rings. The maximum absolute atomic E-state index is 12.9. The van der Waals surface area contributed by atoms with Crippen molar-refractivity contribution in [1.29, 1.82) is 0 Å². The standard InChI is InChI=1S/C18H25FN2O/c1-14(16-4-5-16)18(22)21-12-10-20(11-13-21)9-8-15-2-6-17(19)7-3-15/h2-3,6-7,14,16H,4-5,8-13H2,1H3. The van der Waals surface area contributed by atoms with Crippen LogP contribution in [0.1, 0.15) is 25.3 Å². The number of amides is 1. The second-order valence-electron chi connectivity index (χ2n) is 6.67. The molecule has 1 aromatic carbocycles. The van der Waals surface area contributed by atoms with Crippen molar-refractivity contribution in [3.63, 3.8) is 0 Å². The molecule has 2 aliphatic rings. The van der Waals surface area contributed by atoms with E-state index in [1.54, 1.807) is 0 Å². The van der Waals surface area contributed by atoms with Gasteiger partial charge in [-0.25, -0.2) is 4.39 Å². The fraction of sp³-hybridized carbons (Fsp3) is 0.611. The predicted octanol–water partition coefficient (Wildman–Crippen LogP) is 2.56. The van der Waals surface area contributed by atoms with Gasteiger partial charge in [0, 0.05) is 38.6 Å². The third-order valence-electron chi connectivity index (χ3n) is 5.03. The molecule has 1 aliphatic heterocycles. The molecule has 0 radical (unpaired) electrons. The highest BCUT2D eigenvalue weighted by Gasteiger charge is 2.35. The fourth-order valence-electron chi connectivity index (χ4n) is 3.22. The Kier molecular flexibility index (Phi) is 4.77. The second-order valence-corrected chi connectivity index (χ2v) is 6.67. The maximum atomic E-state index is 12.9. The van der Waals surface area contributed by atoms with Crippen LogP contribution in [0.3, 0.4) is 0 Å². The van der Waals surface area contributed by atoms with Crippen LogP contribution in [0.15, 0.2) is 24.3 Å². The Labute approximate surface area is 132 Å². The zero-order chi connectivity index (χ0) is 15.5. The van der Waals surface area contributed by atoms with E-state index in [1.165, 1.54) is 30.5 Å². The van der Waals surface area contributed by atoms with E-state index in [4.69, 9.17) is 0 Å². The van der Waals surface area contributed by atoms with Crippen molar-refractivity contribution in [3.05, 3.63) is 35.6 Å². The Hall–Kier alpha value is -1.42. The van der Waals surface area contributed by atoms with Crippen LogP contribution in [0.5, 0.6) is 0 Å². The SMILES string of the molecule is CC(C(=O)N1CCN(CCc2ccc(F)cc2)CC1)C1CC1. The van der Waals surface area contributed by atoms with E-state index in [1.807, 2.05) is 17.0 Å². The molecule has 3 rings (SSSR count). The molecule has 1 aliphatic carbocycles. The zero-order valence-corrected chi connectivity index (χ0v) is 13.3. The van der Waals surface area contributed by atoms with Gasteiger partial charge < -0.3 is 4.90 Å². The summed E-state index contributed by atoms with van der Waals surface area (Å²) in [6.07, 6.45) is 3.39. The van der Waals surface area contributed by atoms with Gasteiger partial charge in [-0.3, -0.25) is 9.69 Å². The monoisotopic (exact) mass is 304 g/mol. The third kappa shape index (κ3) is 3.86. The first kappa shape index (κ1) is 15.5. The smallest absolute Gasteiger partial charge is 0.225 e. The van der Waals surface area contributed by atoms with Crippen molar-refractivity contribution in [2.45, 2.75) is 26.2 Å². The van der Waals surface area contributed by atoms with Crippen molar-refractivity contribution in [2.24, 2.45) is 11.8 Å². The Morgan fingerprint density at radius 1 is 1.18 bits per heavy atom. The maximum Gasteiger partial charge on any atom is 0.225 e. The van der Waals surface area contributed by atoms with Crippen molar-refractivity contribution in [1.82, 2.24) is 9.80 Å². The molecule has 0 bridgehead atoms. The molecule has 120 valence electrons. The Balaban J connectivity index is 1.41. The summed E-state index contributed by atoms with van der Waals surface area (Å²) in [7, 11) is 0. The van der Waals surface area contributed by atoms with Crippen LogP contribution in [0.2, 0.25) is 0 Å². The van der Waals surface area contributed by atoms with Gasteiger partial charge in [-0.2, -0.15) is 0 Å². The number of piperazine rings is 1. The van der Waals surface area contributed by atoms with E-state index in [-0.39, 0.29) is 11.7 Å².